The van der Waals surface area contributed by atoms with Crippen LogP contribution in [0.2, 0.25) is 0 Å². The van der Waals surface area contributed by atoms with E-state index in [0.717, 1.165) is 5.69 Å². The van der Waals surface area contributed by atoms with Gasteiger partial charge in [0.05, 0.1) is 17.1 Å². The van der Waals surface area contributed by atoms with Gasteiger partial charge in [0.25, 0.3) is 5.91 Å². The summed E-state index contributed by atoms with van der Waals surface area (Å²) >= 11 is 0. The van der Waals surface area contributed by atoms with Crippen LogP contribution in [0.25, 0.3) is 0 Å². The fourth-order valence-corrected chi connectivity index (χ4v) is 4.16. The van der Waals surface area contributed by atoms with E-state index in [4.69, 9.17) is 5.73 Å². The first-order valence-electron chi connectivity index (χ1n) is 6.86. The number of benzene rings is 1. The minimum atomic E-state index is -3.04. The number of carbonyl (C=O) groups excluding carboxylic acids is 1. The van der Waals surface area contributed by atoms with Crippen molar-refractivity contribution in [2.45, 2.75) is 18.9 Å². The van der Waals surface area contributed by atoms with Crippen molar-refractivity contribution in [2.24, 2.45) is 0 Å². The van der Waals surface area contributed by atoms with Crippen molar-refractivity contribution in [3.8, 4) is 0 Å². The van der Waals surface area contributed by atoms with Crippen LogP contribution in [0.3, 0.4) is 0 Å². The highest BCUT2D eigenvalue weighted by Crippen LogP contribution is 2.22. The summed E-state index contributed by atoms with van der Waals surface area (Å²) in [5, 5.41) is 2.81. The zero-order valence-corrected chi connectivity index (χ0v) is 13.1. The molecule has 1 unspecified atom stereocenters. The first-order chi connectivity index (χ1) is 9.78. The topological polar surface area (TPSA) is 92.5 Å². The normalized spacial score (nSPS) is 20.8. The number of carbonyl (C=O) groups is 1. The van der Waals surface area contributed by atoms with Crippen LogP contribution in [0.15, 0.2) is 18.2 Å². The molecular weight excluding hydrogens is 290 g/mol. The minimum Gasteiger partial charge on any atom is -0.399 e. The number of nitrogens with zero attached hydrogens (tertiary/aromatic N) is 1. The van der Waals surface area contributed by atoms with E-state index in [1.165, 1.54) is 0 Å². The lowest BCUT2D eigenvalue weighted by Crippen LogP contribution is -2.43. The van der Waals surface area contributed by atoms with E-state index in [0.29, 0.717) is 24.1 Å². The third kappa shape index (κ3) is 3.87. The third-order valence-corrected chi connectivity index (χ3v) is 5.37. The van der Waals surface area contributed by atoms with Crippen LogP contribution in [0.4, 0.5) is 11.4 Å². The minimum absolute atomic E-state index is 0.0123. The van der Waals surface area contributed by atoms with Gasteiger partial charge in [-0.3, -0.25) is 4.79 Å². The Bertz CT molecular complexity index is 641. The van der Waals surface area contributed by atoms with Crippen LogP contribution >= 0.6 is 0 Å². The Morgan fingerprint density at radius 2 is 2.10 bits per heavy atom. The van der Waals surface area contributed by atoms with Crippen molar-refractivity contribution in [2.75, 3.05) is 36.2 Å². The average molecular weight is 311 g/mol. The average Bonchev–Trinajstić information content (AvgIpc) is 2.36. The molecule has 6 nitrogen and oxygen atoms in total. The molecule has 0 spiro atoms. The predicted molar refractivity (Wildman–Crippen MR) is 84.3 cm³/mol. The smallest absolute Gasteiger partial charge is 0.253 e. The van der Waals surface area contributed by atoms with Crippen molar-refractivity contribution >= 4 is 27.1 Å². The molecule has 0 bridgehead atoms. The van der Waals surface area contributed by atoms with Gasteiger partial charge in [-0.1, -0.05) is 0 Å². The van der Waals surface area contributed by atoms with E-state index in [9.17, 15) is 13.2 Å². The quantitative estimate of drug-likeness (QED) is 0.799. The molecule has 1 saturated heterocycles. The lowest BCUT2D eigenvalue weighted by Gasteiger charge is -2.24. The van der Waals surface area contributed by atoms with Crippen molar-refractivity contribution in [1.29, 1.82) is 0 Å². The van der Waals surface area contributed by atoms with Gasteiger partial charge in [-0.2, -0.15) is 0 Å². The molecule has 1 amide bonds. The summed E-state index contributed by atoms with van der Waals surface area (Å²) in [6.07, 6.45) is 1.27. The maximum Gasteiger partial charge on any atom is 0.253 e. The fourth-order valence-electron chi connectivity index (χ4n) is 2.53. The molecule has 1 atom stereocenters. The first kappa shape index (κ1) is 15.6. The zero-order valence-electron chi connectivity index (χ0n) is 12.3. The van der Waals surface area contributed by atoms with E-state index in [-0.39, 0.29) is 23.5 Å². The highest BCUT2D eigenvalue weighted by atomic mass is 32.2. The summed E-state index contributed by atoms with van der Waals surface area (Å²) in [7, 11) is 0.637. The van der Waals surface area contributed by atoms with Crippen molar-refractivity contribution in [3.63, 3.8) is 0 Å². The van der Waals surface area contributed by atoms with Crippen LogP contribution in [0.5, 0.6) is 0 Å². The Labute approximate surface area is 125 Å². The maximum atomic E-state index is 12.4. The van der Waals surface area contributed by atoms with Gasteiger partial charge in [0, 0.05) is 31.5 Å². The van der Waals surface area contributed by atoms with Gasteiger partial charge in [-0.05, 0) is 31.0 Å². The highest BCUT2D eigenvalue weighted by Gasteiger charge is 2.26. The molecule has 0 aliphatic carbocycles. The second-order valence-corrected chi connectivity index (χ2v) is 7.83. The summed E-state index contributed by atoms with van der Waals surface area (Å²) in [5.74, 6) is -0.0630. The Kier molecular flexibility index (Phi) is 4.41. The van der Waals surface area contributed by atoms with Crippen molar-refractivity contribution in [1.82, 2.24) is 5.32 Å². The Hall–Kier alpha value is -1.76. The van der Waals surface area contributed by atoms with Crippen molar-refractivity contribution in [3.05, 3.63) is 23.8 Å². The number of hydrogen-bond acceptors (Lipinski definition) is 5. The SMILES string of the molecule is CN(C)c1ccc(N)cc1C(=O)NC1CCCS(=O)(=O)C1. The second kappa shape index (κ2) is 5.93. The second-order valence-electron chi connectivity index (χ2n) is 5.60. The van der Waals surface area contributed by atoms with Crippen LogP contribution in [0, 0.1) is 0 Å². The van der Waals surface area contributed by atoms with E-state index in [2.05, 4.69) is 5.32 Å². The molecule has 21 heavy (non-hydrogen) atoms. The summed E-state index contributed by atoms with van der Waals surface area (Å²) in [5.41, 5.74) is 7.46. The molecule has 1 aliphatic heterocycles. The standard InChI is InChI=1S/C14H21N3O3S/c1-17(2)13-6-5-10(15)8-12(13)14(18)16-11-4-3-7-21(19,20)9-11/h5-6,8,11H,3-4,7,9,15H2,1-2H3,(H,16,18). The number of nitrogen functional groups attached to an aromatic ring is 1. The molecule has 1 aliphatic rings. The number of hydrogen-bond donors (Lipinski definition) is 2. The van der Waals surface area contributed by atoms with Gasteiger partial charge in [-0.15, -0.1) is 0 Å². The lowest BCUT2D eigenvalue weighted by molar-refractivity contribution is 0.0939. The Balaban J connectivity index is 2.19. The number of sulfone groups is 1. The number of rotatable bonds is 3. The molecule has 0 aromatic heterocycles. The van der Waals surface area contributed by atoms with E-state index in [1.807, 2.05) is 19.0 Å². The molecule has 1 aromatic carbocycles. The molecule has 1 fully saturated rings. The summed E-state index contributed by atoms with van der Waals surface area (Å²) in [6, 6.07) is 4.80. The van der Waals surface area contributed by atoms with Gasteiger partial charge in [0.15, 0.2) is 9.84 Å². The monoisotopic (exact) mass is 311 g/mol. The van der Waals surface area contributed by atoms with Gasteiger partial charge >= 0.3 is 0 Å². The van der Waals surface area contributed by atoms with Gasteiger partial charge in [0.1, 0.15) is 0 Å². The predicted octanol–water partition coefficient (Wildman–Crippen LogP) is 0.642. The van der Waals surface area contributed by atoms with Gasteiger partial charge in [-0.25, -0.2) is 8.42 Å². The highest BCUT2D eigenvalue weighted by molar-refractivity contribution is 7.91. The lowest BCUT2D eigenvalue weighted by atomic mass is 10.1. The number of anilines is 2. The van der Waals surface area contributed by atoms with Crippen LogP contribution in [-0.4, -0.2) is 46.0 Å². The summed E-state index contributed by atoms with van der Waals surface area (Å²) < 4.78 is 23.3. The zero-order chi connectivity index (χ0) is 15.6. The maximum absolute atomic E-state index is 12.4. The molecule has 1 aromatic rings. The molecule has 2 rings (SSSR count). The summed E-state index contributed by atoms with van der Waals surface area (Å²) in [6.45, 7) is 0. The molecule has 3 N–H and O–H groups in total. The van der Waals surface area contributed by atoms with E-state index in [1.54, 1.807) is 18.2 Å². The molecule has 116 valence electrons. The van der Waals surface area contributed by atoms with Crippen LogP contribution < -0.4 is 16.0 Å². The van der Waals surface area contributed by atoms with Crippen LogP contribution in [0.1, 0.15) is 23.2 Å². The number of amides is 1. The molecule has 1 heterocycles. The fraction of sp³-hybridized carbons (Fsp3) is 0.500. The molecule has 7 heteroatoms. The Morgan fingerprint density at radius 3 is 2.71 bits per heavy atom. The summed E-state index contributed by atoms with van der Waals surface area (Å²) in [4.78, 5) is 14.2. The van der Waals surface area contributed by atoms with Crippen molar-refractivity contribution < 1.29 is 13.2 Å². The van der Waals surface area contributed by atoms with Crippen LogP contribution in [-0.2, 0) is 9.84 Å². The van der Waals surface area contributed by atoms with E-state index < -0.39 is 9.84 Å². The largest absolute Gasteiger partial charge is 0.399 e. The molecule has 0 saturated carbocycles. The third-order valence-electron chi connectivity index (χ3n) is 3.55. The molecular formula is C14H21N3O3S. The molecule has 0 radical (unpaired) electrons. The number of nitrogens with two attached hydrogens (primary N) is 1. The Morgan fingerprint density at radius 1 is 1.38 bits per heavy atom. The first-order valence-corrected chi connectivity index (χ1v) is 8.69. The van der Waals surface area contributed by atoms with Gasteiger partial charge < -0.3 is 16.0 Å². The van der Waals surface area contributed by atoms with E-state index >= 15 is 0 Å². The van der Waals surface area contributed by atoms with Gasteiger partial charge in [0.2, 0.25) is 0 Å². The number of nitrogens with one attached hydrogen (secondary N) is 1.